The lowest BCUT2D eigenvalue weighted by Crippen LogP contribution is -2.13. The summed E-state index contributed by atoms with van der Waals surface area (Å²) < 4.78 is 33.8. The van der Waals surface area contributed by atoms with Crippen LogP contribution >= 0.6 is 0 Å². The summed E-state index contributed by atoms with van der Waals surface area (Å²) in [7, 11) is -2.44. The quantitative estimate of drug-likeness (QED) is 0.797. The summed E-state index contributed by atoms with van der Waals surface area (Å²) >= 11 is 0. The van der Waals surface area contributed by atoms with Gasteiger partial charge in [0, 0.05) is 12.5 Å². The highest BCUT2D eigenvalue weighted by Crippen LogP contribution is 2.13. The van der Waals surface area contributed by atoms with Crippen LogP contribution in [0.15, 0.2) is 40.0 Å². The number of aromatic amines is 1. The highest BCUT2D eigenvalue weighted by atomic mass is 32.2. The monoisotopic (exact) mass is 324 g/mol. The summed E-state index contributed by atoms with van der Waals surface area (Å²) in [6.45, 7) is 1.75. The van der Waals surface area contributed by atoms with Gasteiger partial charge in [-0.2, -0.15) is 8.42 Å². The minimum absolute atomic E-state index is 0.0730. The first-order valence-corrected chi connectivity index (χ1v) is 7.92. The van der Waals surface area contributed by atoms with Gasteiger partial charge in [0.2, 0.25) is 0 Å². The van der Waals surface area contributed by atoms with Crippen molar-refractivity contribution in [2.45, 2.75) is 18.2 Å². The number of aryl methyl sites for hydroxylation is 1. The summed E-state index contributed by atoms with van der Waals surface area (Å²) in [4.78, 5) is 17.8. The normalized spacial score (nSPS) is 11.4. The highest BCUT2D eigenvalue weighted by Gasteiger charge is 2.15. The van der Waals surface area contributed by atoms with Crippen LogP contribution in [0.3, 0.4) is 0 Å². The molecule has 0 atom stereocenters. The average molecular weight is 324 g/mol. The van der Waals surface area contributed by atoms with Gasteiger partial charge in [-0.3, -0.25) is 14.0 Å². The third-order valence-corrected chi connectivity index (χ3v) is 4.20. The lowest BCUT2D eigenvalue weighted by Gasteiger charge is -2.06. The zero-order valence-corrected chi connectivity index (χ0v) is 13.0. The zero-order chi connectivity index (χ0) is 16.2. The van der Waals surface area contributed by atoms with E-state index in [9.17, 15) is 13.2 Å². The number of hydrogen-bond donors (Lipinski definition) is 1. The van der Waals surface area contributed by atoms with Gasteiger partial charge >= 0.3 is 0 Å². The standard InChI is InChI=1S/C14H16N2O5S/c1-10-3-5-12(6-4-10)22(18,19)21-8-7-11-9-13(17)16-14(15-11)20-2/h3-6,9H,7-8H2,1-2H3,(H,15,16,17). The molecule has 0 spiro atoms. The maximum atomic E-state index is 12.0. The van der Waals surface area contributed by atoms with Crippen molar-refractivity contribution in [1.82, 2.24) is 9.97 Å². The van der Waals surface area contributed by atoms with Crippen molar-refractivity contribution in [3.63, 3.8) is 0 Å². The van der Waals surface area contributed by atoms with Crippen molar-refractivity contribution in [1.29, 1.82) is 0 Å². The Morgan fingerprint density at radius 3 is 2.55 bits per heavy atom. The Balaban J connectivity index is 2.02. The molecule has 2 aromatic rings. The van der Waals surface area contributed by atoms with E-state index in [2.05, 4.69) is 9.97 Å². The number of ether oxygens (including phenoxy) is 1. The largest absolute Gasteiger partial charge is 0.468 e. The molecule has 0 radical (unpaired) electrons. The molecule has 0 fully saturated rings. The Labute approximate surface area is 128 Å². The Hall–Kier alpha value is -2.19. The Morgan fingerprint density at radius 2 is 1.91 bits per heavy atom. The average Bonchev–Trinajstić information content (AvgIpc) is 2.47. The molecule has 0 aliphatic carbocycles. The van der Waals surface area contributed by atoms with E-state index in [0.717, 1.165) is 5.56 Å². The van der Waals surface area contributed by atoms with Crippen molar-refractivity contribution in [2.24, 2.45) is 0 Å². The number of nitrogens with zero attached hydrogens (tertiary/aromatic N) is 1. The second kappa shape index (κ2) is 6.71. The van der Waals surface area contributed by atoms with Crippen molar-refractivity contribution in [3.05, 3.63) is 51.9 Å². The smallest absolute Gasteiger partial charge is 0.296 e. The number of benzene rings is 1. The summed E-state index contributed by atoms with van der Waals surface area (Å²) in [6.07, 6.45) is 0.172. The minimum Gasteiger partial charge on any atom is -0.468 e. The van der Waals surface area contributed by atoms with E-state index >= 15 is 0 Å². The molecule has 0 aliphatic rings. The van der Waals surface area contributed by atoms with Crippen LogP contribution in [0.2, 0.25) is 0 Å². The molecule has 1 aromatic carbocycles. The fraction of sp³-hybridized carbons (Fsp3) is 0.286. The van der Waals surface area contributed by atoms with Crippen LogP contribution in [-0.4, -0.2) is 32.1 Å². The minimum atomic E-state index is -3.82. The molecule has 0 unspecified atom stereocenters. The molecular weight excluding hydrogens is 308 g/mol. The van der Waals surface area contributed by atoms with Crippen molar-refractivity contribution in [3.8, 4) is 6.01 Å². The number of hydrogen-bond acceptors (Lipinski definition) is 6. The summed E-state index contributed by atoms with van der Waals surface area (Å²) in [6, 6.07) is 7.70. The number of methoxy groups -OCH3 is 1. The molecule has 8 heteroatoms. The fourth-order valence-corrected chi connectivity index (χ4v) is 2.65. The fourth-order valence-electron chi connectivity index (χ4n) is 1.74. The van der Waals surface area contributed by atoms with E-state index in [1.165, 1.54) is 25.3 Å². The lowest BCUT2D eigenvalue weighted by molar-refractivity contribution is 0.319. The third-order valence-electron chi connectivity index (χ3n) is 2.87. The van der Waals surface area contributed by atoms with Crippen LogP contribution in [0.1, 0.15) is 11.3 Å². The number of H-pyrrole nitrogens is 1. The molecule has 0 aliphatic heterocycles. The molecule has 22 heavy (non-hydrogen) atoms. The van der Waals surface area contributed by atoms with Gasteiger partial charge in [-0.05, 0) is 19.1 Å². The molecule has 0 amide bonds. The molecule has 2 rings (SSSR count). The van der Waals surface area contributed by atoms with Gasteiger partial charge < -0.3 is 4.74 Å². The Morgan fingerprint density at radius 1 is 1.23 bits per heavy atom. The lowest BCUT2D eigenvalue weighted by atomic mass is 10.2. The first-order valence-electron chi connectivity index (χ1n) is 6.51. The van der Waals surface area contributed by atoms with Gasteiger partial charge in [-0.1, -0.05) is 17.7 Å². The maximum absolute atomic E-state index is 12.0. The van der Waals surface area contributed by atoms with Gasteiger partial charge in [0.05, 0.1) is 24.3 Å². The SMILES string of the molecule is COc1nc(CCOS(=O)(=O)c2ccc(C)cc2)cc(=O)[nH]1. The predicted octanol–water partition coefficient (Wildman–Crippen LogP) is 1.03. The molecular formula is C14H16N2O5S. The third kappa shape index (κ3) is 4.15. The van der Waals surface area contributed by atoms with Crippen LogP contribution in [0.5, 0.6) is 6.01 Å². The first-order chi connectivity index (χ1) is 10.4. The second-order valence-corrected chi connectivity index (χ2v) is 6.20. The highest BCUT2D eigenvalue weighted by molar-refractivity contribution is 7.86. The van der Waals surface area contributed by atoms with Crippen LogP contribution in [0, 0.1) is 6.92 Å². The second-order valence-electron chi connectivity index (χ2n) is 4.59. The Bertz CT molecular complexity index is 797. The van der Waals surface area contributed by atoms with E-state index in [-0.39, 0.29) is 29.5 Å². The summed E-state index contributed by atoms with van der Waals surface area (Å²) in [5.41, 5.74) is 0.974. The van der Waals surface area contributed by atoms with Gasteiger partial charge in [0.15, 0.2) is 0 Å². The van der Waals surface area contributed by atoms with Gasteiger partial charge in [0.1, 0.15) is 0 Å². The maximum Gasteiger partial charge on any atom is 0.296 e. The predicted molar refractivity (Wildman–Crippen MR) is 79.4 cm³/mol. The number of aromatic nitrogens is 2. The van der Waals surface area contributed by atoms with Crippen LogP contribution in [-0.2, 0) is 20.7 Å². The van der Waals surface area contributed by atoms with Crippen LogP contribution < -0.4 is 10.3 Å². The van der Waals surface area contributed by atoms with E-state index in [1.54, 1.807) is 12.1 Å². The van der Waals surface area contributed by atoms with E-state index in [0.29, 0.717) is 5.69 Å². The van der Waals surface area contributed by atoms with Crippen molar-refractivity contribution in [2.75, 3.05) is 13.7 Å². The molecule has 118 valence electrons. The van der Waals surface area contributed by atoms with Crippen LogP contribution in [0.4, 0.5) is 0 Å². The number of nitrogens with one attached hydrogen (secondary N) is 1. The first kappa shape index (κ1) is 16.2. The van der Waals surface area contributed by atoms with E-state index < -0.39 is 10.1 Å². The molecule has 0 saturated heterocycles. The topological polar surface area (TPSA) is 98.3 Å². The molecule has 0 saturated carbocycles. The molecule has 1 heterocycles. The van der Waals surface area contributed by atoms with Crippen molar-refractivity contribution >= 4 is 10.1 Å². The zero-order valence-electron chi connectivity index (χ0n) is 12.2. The molecule has 0 bridgehead atoms. The summed E-state index contributed by atoms with van der Waals surface area (Å²) in [5, 5.41) is 0. The number of rotatable bonds is 6. The van der Waals surface area contributed by atoms with Gasteiger partial charge in [-0.15, -0.1) is 0 Å². The molecule has 1 N–H and O–H groups in total. The van der Waals surface area contributed by atoms with Crippen LogP contribution in [0.25, 0.3) is 0 Å². The van der Waals surface area contributed by atoms with E-state index in [1.807, 2.05) is 6.92 Å². The molecule has 1 aromatic heterocycles. The summed E-state index contributed by atoms with van der Waals surface area (Å²) in [5.74, 6) is 0. The Kier molecular flexibility index (Phi) is 4.94. The molecule has 7 nitrogen and oxygen atoms in total. The van der Waals surface area contributed by atoms with Gasteiger partial charge in [0.25, 0.3) is 21.7 Å². The van der Waals surface area contributed by atoms with E-state index in [4.69, 9.17) is 8.92 Å². The van der Waals surface area contributed by atoms with Gasteiger partial charge in [-0.25, -0.2) is 4.98 Å². The van der Waals surface area contributed by atoms with Crippen molar-refractivity contribution < 1.29 is 17.3 Å².